The van der Waals surface area contributed by atoms with Crippen LogP contribution in [0, 0.1) is 17.8 Å². The lowest BCUT2D eigenvalue weighted by atomic mass is 9.48. The lowest BCUT2D eigenvalue weighted by Gasteiger charge is -2.57. The number of hydrogen-bond acceptors (Lipinski definition) is 3. The van der Waals surface area contributed by atoms with Crippen LogP contribution in [0.2, 0.25) is 0 Å². The minimum atomic E-state index is 0.0745. The van der Waals surface area contributed by atoms with E-state index in [0.29, 0.717) is 11.3 Å². The van der Waals surface area contributed by atoms with Crippen LogP contribution in [0.15, 0.2) is 12.1 Å². The highest BCUT2D eigenvalue weighted by Gasteiger charge is 2.52. The predicted octanol–water partition coefficient (Wildman–Crippen LogP) is 3.68. The van der Waals surface area contributed by atoms with E-state index in [4.69, 9.17) is 4.74 Å². The van der Waals surface area contributed by atoms with Gasteiger partial charge in [-0.15, -0.1) is 0 Å². The zero-order valence-electron chi connectivity index (χ0n) is 12.5. The molecule has 0 radical (unpaired) electrons. The molecule has 3 heteroatoms. The van der Waals surface area contributed by atoms with E-state index in [9.17, 15) is 9.90 Å². The van der Waals surface area contributed by atoms with E-state index in [-0.39, 0.29) is 11.2 Å². The first-order valence-corrected chi connectivity index (χ1v) is 8.00. The number of carbonyl (C=O) groups excluding carboxylic acids is 1. The molecule has 4 saturated carbocycles. The molecule has 4 bridgehead atoms. The van der Waals surface area contributed by atoms with Gasteiger partial charge in [0.1, 0.15) is 6.29 Å². The van der Waals surface area contributed by atoms with Gasteiger partial charge in [-0.1, -0.05) is 0 Å². The number of carbonyl (C=O) groups is 1. The Labute approximate surface area is 125 Å². The van der Waals surface area contributed by atoms with Crippen molar-refractivity contribution in [3.8, 4) is 11.5 Å². The standard InChI is InChI=1S/C18H22O3/c1-21-16-6-14(10-19)5-15(17(16)20)18-7-11-2-12(8-18)4-13(3-11)9-18/h5-6,10-13,20H,2-4,7-9H2,1H3. The molecule has 0 unspecified atom stereocenters. The summed E-state index contributed by atoms with van der Waals surface area (Å²) in [5.41, 5.74) is 1.64. The lowest BCUT2D eigenvalue weighted by molar-refractivity contribution is -0.00627. The maximum absolute atomic E-state index is 11.2. The van der Waals surface area contributed by atoms with Crippen LogP contribution < -0.4 is 4.74 Å². The molecule has 0 heterocycles. The van der Waals surface area contributed by atoms with Crippen LogP contribution in [0.25, 0.3) is 0 Å². The van der Waals surface area contributed by atoms with E-state index in [2.05, 4.69) is 0 Å². The quantitative estimate of drug-likeness (QED) is 0.862. The maximum Gasteiger partial charge on any atom is 0.161 e. The van der Waals surface area contributed by atoms with Gasteiger partial charge in [-0.3, -0.25) is 4.79 Å². The molecule has 4 aliphatic carbocycles. The molecule has 0 saturated heterocycles. The molecule has 5 rings (SSSR count). The van der Waals surface area contributed by atoms with Gasteiger partial charge in [-0.25, -0.2) is 0 Å². The molecule has 0 aromatic heterocycles. The number of hydrogen-bond donors (Lipinski definition) is 1. The van der Waals surface area contributed by atoms with E-state index in [1.54, 1.807) is 13.2 Å². The lowest BCUT2D eigenvalue weighted by Crippen LogP contribution is -2.48. The monoisotopic (exact) mass is 286 g/mol. The van der Waals surface area contributed by atoms with Gasteiger partial charge in [-0.05, 0) is 73.8 Å². The van der Waals surface area contributed by atoms with Crippen molar-refractivity contribution in [3.05, 3.63) is 23.3 Å². The van der Waals surface area contributed by atoms with E-state index < -0.39 is 0 Å². The van der Waals surface area contributed by atoms with Crippen molar-refractivity contribution in [2.24, 2.45) is 17.8 Å². The fourth-order valence-electron chi connectivity index (χ4n) is 5.70. The Morgan fingerprint density at radius 1 is 1.14 bits per heavy atom. The average molecular weight is 286 g/mol. The first-order valence-electron chi connectivity index (χ1n) is 8.00. The SMILES string of the molecule is COc1cc(C=O)cc(C23CC4CC(CC(C4)C2)C3)c1O. The van der Waals surface area contributed by atoms with Crippen LogP contribution in [-0.2, 0) is 5.41 Å². The third-order valence-corrected chi connectivity index (χ3v) is 6.06. The van der Waals surface area contributed by atoms with Crippen LogP contribution in [0.4, 0.5) is 0 Å². The summed E-state index contributed by atoms with van der Waals surface area (Å²) in [6, 6.07) is 3.53. The van der Waals surface area contributed by atoms with Gasteiger partial charge in [0.15, 0.2) is 11.5 Å². The fourth-order valence-corrected chi connectivity index (χ4v) is 5.70. The highest BCUT2D eigenvalue weighted by atomic mass is 16.5. The number of aromatic hydroxyl groups is 1. The molecule has 0 aliphatic heterocycles. The zero-order valence-corrected chi connectivity index (χ0v) is 12.5. The van der Waals surface area contributed by atoms with Gasteiger partial charge >= 0.3 is 0 Å². The Morgan fingerprint density at radius 3 is 2.19 bits per heavy atom. The predicted molar refractivity (Wildman–Crippen MR) is 79.9 cm³/mol. The van der Waals surface area contributed by atoms with E-state index in [1.165, 1.54) is 38.5 Å². The smallest absolute Gasteiger partial charge is 0.161 e. The van der Waals surface area contributed by atoms with Gasteiger partial charge in [-0.2, -0.15) is 0 Å². The third-order valence-electron chi connectivity index (χ3n) is 6.06. The Morgan fingerprint density at radius 2 is 1.71 bits per heavy atom. The third kappa shape index (κ3) is 1.90. The summed E-state index contributed by atoms with van der Waals surface area (Å²) in [6.07, 6.45) is 8.44. The van der Waals surface area contributed by atoms with Crippen LogP contribution in [0.1, 0.15) is 54.4 Å². The molecule has 0 atom stereocenters. The Kier molecular flexibility index (Phi) is 2.82. The molecule has 1 aromatic carbocycles. The molecular weight excluding hydrogens is 264 g/mol. The maximum atomic E-state index is 11.2. The molecule has 0 spiro atoms. The number of aldehydes is 1. The zero-order chi connectivity index (χ0) is 14.6. The van der Waals surface area contributed by atoms with Crippen molar-refractivity contribution in [2.75, 3.05) is 7.11 Å². The van der Waals surface area contributed by atoms with E-state index in [1.807, 2.05) is 6.07 Å². The minimum Gasteiger partial charge on any atom is -0.504 e. The number of phenols is 1. The largest absolute Gasteiger partial charge is 0.504 e. The van der Waals surface area contributed by atoms with Crippen LogP contribution in [0.5, 0.6) is 11.5 Å². The molecule has 1 aromatic rings. The van der Waals surface area contributed by atoms with Gasteiger partial charge in [0.25, 0.3) is 0 Å². The summed E-state index contributed by atoms with van der Waals surface area (Å²) in [5, 5.41) is 10.6. The Hall–Kier alpha value is -1.51. The highest BCUT2D eigenvalue weighted by Crippen LogP contribution is 2.62. The van der Waals surface area contributed by atoms with Gasteiger partial charge < -0.3 is 9.84 Å². The topological polar surface area (TPSA) is 46.5 Å². The van der Waals surface area contributed by atoms with Crippen molar-refractivity contribution >= 4 is 6.29 Å². The first kappa shape index (κ1) is 13.2. The first-order chi connectivity index (χ1) is 10.1. The molecule has 4 aliphatic rings. The number of ether oxygens (including phenoxy) is 1. The number of rotatable bonds is 3. The van der Waals surface area contributed by atoms with Crippen molar-refractivity contribution < 1.29 is 14.6 Å². The van der Waals surface area contributed by atoms with Crippen molar-refractivity contribution in [1.29, 1.82) is 0 Å². The van der Waals surface area contributed by atoms with E-state index in [0.717, 1.165) is 29.6 Å². The summed E-state index contributed by atoms with van der Waals surface area (Å²) in [6.45, 7) is 0. The summed E-state index contributed by atoms with van der Waals surface area (Å²) >= 11 is 0. The van der Waals surface area contributed by atoms with E-state index >= 15 is 0 Å². The fraction of sp³-hybridized carbons (Fsp3) is 0.611. The molecule has 21 heavy (non-hydrogen) atoms. The van der Waals surface area contributed by atoms with Crippen molar-refractivity contribution in [2.45, 2.75) is 43.9 Å². The van der Waals surface area contributed by atoms with Gasteiger partial charge in [0.05, 0.1) is 7.11 Å². The molecule has 112 valence electrons. The number of benzene rings is 1. The van der Waals surface area contributed by atoms with Gasteiger partial charge in [0, 0.05) is 11.1 Å². The molecule has 4 fully saturated rings. The summed E-state index contributed by atoms with van der Waals surface area (Å²) in [7, 11) is 1.55. The van der Waals surface area contributed by atoms with Crippen LogP contribution in [0.3, 0.4) is 0 Å². The Balaban J connectivity index is 1.84. The number of methoxy groups -OCH3 is 1. The minimum absolute atomic E-state index is 0.0745. The summed E-state index contributed by atoms with van der Waals surface area (Å²) in [4.78, 5) is 11.2. The average Bonchev–Trinajstić information content (AvgIpc) is 2.46. The molecule has 0 amide bonds. The van der Waals surface area contributed by atoms with Crippen molar-refractivity contribution in [3.63, 3.8) is 0 Å². The second-order valence-electron chi connectivity index (χ2n) is 7.44. The van der Waals surface area contributed by atoms with Gasteiger partial charge in [0.2, 0.25) is 0 Å². The van der Waals surface area contributed by atoms with Crippen LogP contribution >= 0.6 is 0 Å². The number of phenolic OH excluding ortho intramolecular Hbond substituents is 1. The molecule has 1 N–H and O–H groups in total. The van der Waals surface area contributed by atoms with Crippen LogP contribution in [-0.4, -0.2) is 18.5 Å². The normalized spacial score (nSPS) is 36.7. The summed E-state index contributed by atoms with van der Waals surface area (Å²) in [5.74, 6) is 3.11. The molecule has 3 nitrogen and oxygen atoms in total. The highest BCUT2D eigenvalue weighted by molar-refractivity contribution is 5.77. The van der Waals surface area contributed by atoms with Crippen molar-refractivity contribution in [1.82, 2.24) is 0 Å². The second-order valence-corrected chi connectivity index (χ2v) is 7.44. The second kappa shape index (κ2) is 4.49. The summed E-state index contributed by atoms with van der Waals surface area (Å²) < 4.78 is 5.28. The molecular formula is C18H22O3. The Bertz CT molecular complexity index is 555.